The number of nitrogens with zero attached hydrogens (tertiary/aromatic N) is 2. The van der Waals surface area contributed by atoms with Crippen molar-refractivity contribution >= 4 is 22.1 Å². The van der Waals surface area contributed by atoms with E-state index in [1.54, 1.807) is 6.20 Å². The molecule has 0 bridgehead atoms. The summed E-state index contributed by atoms with van der Waals surface area (Å²) in [6.45, 7) is 2.67. The Morgan fingerprint density at radius 3 is 2.85 bits per heavy atom. The maximum atomic E-state index is 5.98. The number of hydrogen-bond donors (Lipinski definition) is 2. The molecule has 0 radical (unpaired) electrons. The second-order valence-electron chi connectivity index (χ2n) is 4.75. The summed E-state index contributed by atoms with van der Waals surface area (Å²) in [5.41, 5.74) is 9.80. The normalized spacial score (nSPS) is 10.7. The molecule has 0 fully saturated rings. The van der Waals surface area contributed by atoms with Crippen LogP contribution in [0.15, 0.2) is 48.8 Å². The lowest BCUT2D eigenvalue weighted by atomic mass is 10.1. The van der Waals surface area contributed by atoms with E-state index in [-0.39, 0.29) is 0 Å². The third-order valence-electron chi connectivity index (χ3n) is 3.26. The van der Waals surface area contributed by atoms with Crippen LogP contribution in [0, 0.1) is 6.92 Å². The van der Waals surface area contributed by atoms with Crippen molar-refractivity contribution in [2.45, 2.75) is 13.5 Å². The third kappa shape index (κ3) is 2.40. The van der Waals surface area contributed by atoms with Gasteiger partial charge in [-0.3, -0.25) is 9.97 Å². The Morgan fingerprint density at radius 1 is 1.10 bits per heavy atom. The molecule has 0 spiro atoms. The summed E-state index contributed by atoms with van der Waals surface area (Å²) in [6.07, 6.45) is 3.59. The van der Waals surface area contributed by atoms with Gasteiger partial charge in [0.2, 0.25) is 0 Å². The molecule has 0 amide bonds. The number of rotatable bonds is 3. The van der Waals surface area contributed by atoms with Gasteiger partial charge in [0.25, 0.3) is 0 Å². The molecule has 4 nitrogen and oxygen atoms in total. The van der Waals surface area contributed by atoms with Gasteiger partial charge in [0, 0.05) is 40.2 Å². The number of anilines is 2. The average Bonchev–Trinajstić information content (AvgIpc) is 2.47. The molecule has 0 aliphatic carbocycles. The van der Waals surface area contributed by atoms with Gasteiger partial charge in [0.15, 0.2) is 0 Å². The molecule has 0 aliphatic rings. The van der Waals surface area contributed by atoms with Crippen LogP contribution >= 0.6 is 0 Å². The zero-order valence-electron chi connectivity index (χ0n) is 11.3. The first-order valence-corrected chi connectivity index (χ1v) is 6.52. The minimum absolute atomic E-state index is 0.676. The van der Waals surface area contributed by atoms with Crippen molar-refractivity contribution in [2.75, 3.05) is 11.1 Å². The molecule has 3 aromatic rings. The van der Waals surface area contributed by atoms with Gasteiger partial charge < -0.3 is 11.1 Å². The molecule has 4 heteroatoms. The minimum Gasteiger partial charge on any atom is -0.398 e. The molecule has 2 aromatic heterocycles. The molecule has 20 heavy (non-hydrogen) atoms. The summed E-state index contributed by atoms with van der Waals surface area (Å²) >= 11 is 0. The van der Waals surface area contributed by atoms with E-state index in [1.807, 2.05) is 49.5 Å². The van der Waals surface area contributed by atoms with Gasteiger partial charge in [-0.15, -0.1) is 0 Å². The highest BCUT2D eigenvalue weighted by molar-refractivity contribution is 6.00. The van der Waals surface area contributed by atoms with Gasteiger partial charge in [0.1, 0.15) is 0 Å². The van der Waals surface area contributed by atoms with Crippen LogP contribution in [0.5, 0.6) is 0 Å². The summed E-state index contributed by atoms with van der Waals surface area (Å²) < 4.78 is 0. The summed E-state index contributed by atoms with van der Waals surface area (Å²) in [4.78, 5) is 8.66. The van der Waals surface area contributed by atoms with Gasteiger partial charge in [-0.05, 0) is 37.3 Å². The number of aryl methyl sites for hydroxylation is 1. The highest BCUT2D eigenvalue weighted by Gasteiger charge is 2.04. The Bertz CT molecular complexity index is 752. The van der Waals surface area contributed by atoms with Crippen LogP contribution in [0.25, 0.3) is 10.8 Å². The first-order chi connectivity index (χ1) is 9.74. The van der Waals surface area contributed by atoms with Crippen molar-refractivity contribution in [1.29, 1.82) is 0 Å². The average molecular weight is 264 g/mol. The summed E-state index contributed by atoms with van der Waals surface area (Å²) in [5, 5.41) is 5.44. The van der Waals surface area contributed by atoms with E-state index >= 15 is 0 Å². The van der Waals surface area contributed by atoms with Crippen molar-refractivity contribution in [1.82, 2.24) is 9.97 Å². The van der Waals surface area contributed by atoms with E-state index in [0.717, 1.165) is 33.5 Å². The highest BCUT2D eigenvalue weighted by atomic mass is 14.9. The quantitative estimate of drug-likeness (QED) is 0.713. The Labute approximate surface area is 117 Å². The fourth-order valence-electron chi connectivity index (χ4n) is 2.25. The molecule has 1 aromatic carbocycles. The smallest absolute Gasteiger partial charge is 0.0597 e. The predicted octanol–water partition coefficient (Wildman–Crippen LogP) is 3.13. The molecule has 0 saturated heterocycles. The summed E-state index contributed by atoms with van der Waals surface area (Å²) in [6, 6.07) is 11.8. The Balaban J connectivity index is 1.90. The number of benzene rings is 1. The van der Waals surface area contributed by atoms with Gasteiger partial charge in [-0.25, -0.2) is 0 Å². The SMILES string of the molecule is Cc1cccc(CNc2ccc(N)c3ccncc23)n1. The molecule has 100 valence electrons. The van der Waals surface area contributed by atoms with Crippen LogP contribution in [-0.2, 0) is 6.54 Å². The molecular formula is C16H16N4. The fraction of sp³-hybridized carbons (Fsp3) is 0.125. The van der Waals surface area contributed by atoms with Crippen LogP contribution in [0.1, 0.15) is 11.4 Å². The Hall–Kier alpha value is -2.62. The van der Waals surface area contributed by atoms with Crippen molar-refractivity contribution in [3.8, 4) is 0 Å². The van der Waals surface area contributed by atoms with Crippen LogP contribution in [0.2, 0.25) is 0 Å². The minimum atomic E-state index is 0.676. The lowest BCUT2D eigenvalue weighted by Gasteiger charge is -2.11. The standard InChI is InChI=1S/C16H16N4/c1-11-3-2-4-12(20-11)9-19-16-6-5-15(17)13-7-8-18-10-14(13)16/h2-8,10,19H,9,17H2,1H3. The second-order valence-corrected chi connectivity index (χ2v) is 4.75. The van der Waals surface area contributed by atoms with Crippen molar-refractivity contribution in [3.05, 3.63) is 60.2 Å². The number of nitrogens with one attached hydrogen (secondary N) is 1. The molecular weight excluding hydrogens is 248 g/mol. The van der Waals surface area contributed by atoms with E-state index in [9.17, 15) is 0 Å². The van der Waals surface area contributed by atoms with Gasteiger partial charge in [0.05, 0.1) is 12.2 Å². The summed E-state index contributed by atoms with van der Waals surface area (Å²) in [7, 11) is 0. The first kappa shape index (κ1) is 12.4. The summed E-state index contributed by atoms with van der Waals surface area (Å²) in [5.74, 6) is 0. The Kier molecular flexibility index (Phi) is 3.21. The lowest BCUT2D eigenvalue weighted by Crippen LogP contribution is -2.03. The molecule has 2 heterocycles. The van der Waals surface area contributed by atoms with Crippen LogP contribution in [0.3, 0.4) is 0 Å². The van der Waals surface area contributed by atoms with E-state index in [1.165, 1.54) is 0 Å². The second kappa shape index (κ2) is 5.17. The zero-order chi connectivity index (χ0) is 13.9. The zero-order valence-corrected chi connectivity index (χ0v) is 11.3. The van der Waals surface area contributed by atoms with Crippen molar-refractivity contribution in [3.63, 3.8) is 0 Å². The molecule has 0 unspecified atom stereocenters. The van der Waals surface area contributed by atoms with Gasteiger partial charge in [-0.2, -0.15) is 0 Å². The molecule has 0 aliphatic heterocycles. The molecule has 3 rings (SSSR count). The number of pyridine rings is 2. The largest absolute Gasteiger partial charge is 0.398 e. The number of nitrogen functional groups attached to an aromatic ring is 1. The van der Waals surface area contributed by atoms with Crippen molar-refractivity contribution in [2.24, 2.45) is 0 Å². The molecule has 0 atom stereocenters. The Morgan fingerprint density at radius 2 is 2.00 bits per heavy atom. The van der Waals surface area contributed by atoms with Gasteiger partial charge >= 0.3 is 0 Å². The maximum Gasteiger partial charge on any atom is 0.0597 e. The number of aromatic nitrogens is 2. The van der Waals surface area contributed by atoms with E-state index in [4.69, 9.17) is 5.73 Å². The van der Waals surface area contributed by atoms with Crippen LogP contribution in [-0.4, -0.2) is 9.97 Å². The van der Waals surface area contributed by atoms with Crippen LogP contribution < -0.4 is 11.1 Å². The fourth-order valence-corrected chi connectivity index (χ4v) is 2.25. The highest BCUT2D eigenvalue weighted by Crippen LogP contribution is 2.27. The predicted molar refractivity (Wildman–Crippen MR) is 82.5 cm³/mol. The lowest BCUT2D eigenvalue weighted by molar-refractivity contribution is 1.02. The van der Waals surface area contributed by atoms with Crippen molar-refractivity contribution < 1.29 is 0 Å². The number of fused-ring (bicyclic) bond motifs is 1. The van der Waals surface area contributed by atoms with E-state index in [0.29, 0.717) is 6.54 Å². The first-order valence-electron chi connectivity index (χ1n) is 6.52. The van der Waals surface area contributed by atoms with E-state index < -0.39 is 0 Å². The number of hydrogen-bond acceptors (Lipinski definition) is 4. The monoisotopic (exact) mass is 264 g/mol. The topological polar surface area (TPSA) is 63.8 Å². The molecule has 3 N–H and O–H groups in total. The van der Waals surface area contributed by atoms with E-state index in [2.05, 4.69) is 15.3 Å². The van der Waals surface area contributed by atoms with Gasteiger partial charge in [-0.1, -0.05) is 6.07 Å². The third-order valence-corrected chi connectivity index (χ3v) is 3.26. The maximum absolute atomic E-state index is 5.98. The van der Waals surface area contributed by atoms with Crippen LogP contribution in [0.4, 0.5) is 11.4 Å². The molecule has 0 saturated carbocycles. The number of nitrogens with two attached hydrogens (primary N) is 1.